The molecular weight excluding hydrogens is 248 g/mol. The third kappa shape index (κ3) is 2.92. The average Bonchev–Trinajstić information content (AvgIpc) is 2.81. The Hall–Kier alpha value is -1.32. The fourth-order valence-corrected chi connectivity index (χ4v) is 2.04. The van der Waals surface area contributed by atoms with Gasteiger partial charge in [0, 0.05) is 29.7 Å². The number of halogens is 1. The minimum Gasteiger partial charge on any atom is -0.385 e. The van der Waals surface area contributed by atoms with Crippen molar-refractivity contribution in [1.29, 1.82) is 0 Å². The van der Waals surface area contributed by atoms with E-state index < -0.39 is 5.60 Å². The Morgan fingerprint density at radius 3 is 2.56 bits per heavy atom. The van der Waals surface area contributed by atoms with Crippen molar-refractivity contribution in [2.24, 2.45) is 0 Å². The first-order chi connectivity index (χ1) is 8.51. The lowest BCUT2D eigenvalue weighted by atomic mass is 9.91. The van der Waals surface area contributed by atoms with Crippen LogP contribution in [0, 0.1) is 0 Å². The van der Waals surface area contributed by atoms with Gasteiger partial charge in [-0.25, -0.2) is 0 Å². The molecule has 1 atom stereocenters. The topological polar surface area (TPSA) is 38.0 Å². The molecule has 0 aliphatic rings. The van der Waals surface area contributed by atoms with Crippen molar-refractivity contribution in [1.82, 2.24) is 9.78 Å². The van der Waals surface area contributed by atoms with Gasteiger partial charge in [0.15, 0.2) is 0 Å². The van der Waals surface area contributed by atoms with E-state index in [9.17, 15) is 5.11 Å². The zero-order valence-corrected chi connectivity index (χ0v) is 11.4. The predicted molar refractivity (Wildman–Crippen MR) is 72.6 cm³/mol. The van der Waals surface area contributed by atoms with Crippen molar-refractivity contribution in [3.05, 3.63) is 52.8 Å². The highest BCUT2D eigenvalue weighted by atomic mass is 35.5. The molecule has 18 heavy (non-hydrogen) atoms. The highest BCUT2D eigenvalue weighted by Crippen LogP contribution is 2.25. The smallest absolute Gasteiger partial charge is 0.0939 e. The zero-order chi connectivity index (χ0) is 13.2. The lowest BCUT2D eigenvalue weighted by Gasteiger charge is -2.22. The van der Waals surface area contributed by atoms with Crippen molar-refractivity contribution in [3.63, 3.8) is 0 Å². The second-order valence-electron chi connectivity index (χ2n) is 4.66. The predicted octanol–water partition coefficient (Wildman–Crippen LogP) is 3.01. The first-order valence-corrected chi connectivity index (χ1v) is 6.39. The number of benzene rings is 1. The number of aromatic nitrogens is 2. The SMILES string of the molecule is CCn1cc(C(C)(O)Cc2ccc(Cl)cc2)cn1. The molecule has 0 spiro atoms. The molecule has 2 aromatic rings. The summed E-state index contributed by atoms with van der Waals surface area (Å²) in [5.41, 5.74) is 0.967. The van der Waals surface area contributed by atoms with Gasteiger partial charge < -0.3 is 5.11 Å². The molecule has 1 aromatic carbocycles. The van der Waals surface area contributed by atoms with Crippen molar-refractivity contribution < 1.29 is 5.11 Å². The van der Waals surface area contributed by atoms with Crippen LogP contribution in [-0.2, 0) is 18.6 Å². The van der Waals surface area contributed by atoms with Crippen molar-refractivity contribution in [2.45, 2.75) is 32.4 Å². The van der Waals surface area contributed by atoms with Gasteiger partial charge in [0.05, 0.1) is 11.8 Å². The molecule has 0 saturated heterocycles. The van der Waals surface area contributed by atoms with E-state index in [1.165, 1.54) is 0 Å². The molecule has 3 nitrogen and oxygen atoms in total. The van der Waals surface area contributed by atoms with Gasteiger partial charge in [0.25, 0.3) is 0 Å². The molecule has 0 bridgehead atoms. The third-order valence-electron chi connectivity index (χ3n) is 3.04. The molecule has 96 valence electrons. The maximum atomic E-state index is 10.5. The third-order valence-corrected chi connectivity index (χ3v) is 3.29. The summed E-state index contributed by atoms with van der Waals surface area (Å²) >= 11 is 5.85. The molecule has 0 amide bonds. The van der Waals surface area contributed by atoms with E-state index in [2.05, 4.69) is 5.10 Å². The van der Waals surface area contributed by atoms with E-state index in [1.54, 1.807) is 13.1 Å². The highest BCUT2D eigenvalue weighted by molar-refractivity contribution is 6.30. The Balaban J connectivity index is 2.18. The van der Waals surface area contributed by atoms with Gasteiger partial charge >= 0.3 is 0 Å². The summed E-state index contributed by atoms with van der Waals surface area (Å²) < 4.78 is 1.81. The molecule has 2 rings (SSSR count). The Labute approximate surface area is 112 Å². The maximum absolute atomic E-state index is 10.5. The van der Waals surface area contributed by atoms with Crippen LogP contribution in [0.3, 0.4) is 0 Å². The fraction of sp³-hybridized carbons (Fsp3) is 0.357. The molecule has 1 aromatic heterocycles. The van der Waals surface area contributed by atoms with Crippen molar-refractivity contribution >= 4 is 11.6 Å². The Morgan fingerprint density at radius 1 is 1.33 bits per heavy atom. The Kier molecular flexibility index (Phi) is 3.73. The average molecular weight is 265 g/mol. The fourth-order valence-electron chi connectivity index (χ4n) is 1.92. The molecule has 0 radical (unpaired) electrons. The van der Waals surface area contributed by atoms with Crippen LogP contribution >= 0.6 is 11.6 Å². The Bertz CT molecular complexity index is 517. The number of aliphatic hydroxyl groups is 1. The van der Waals surface area contributed by atoms with Gasteiger partial charge in [-0.1, -0.05) is 23.7 Å². The molecular formula is C14H17ClN2O. The van der Waals surface area contributed by atoms with E-state index >= 15 is 0 Å². The maximum Gasteiger partial charge on any atom is 0.0939 e. The summed E-state index contributed by atoms with van der Waals surface area (Å²) in [4.78, 5) is 0. The summed E-state index contributed by atoms with van der Waals surface area (Å²) in [6, 6.07) is 7.53. The summed E-state index contributed by atoms with van der Waals surface area (Å²) in [7, 11) is 0. The van der Waals surface area contributed by atoms with Crippen molar-refractivity contribution in [2.75, 3.05) is 0 Å². The molecule has 1 N–H and O–H groups in total. The number of aryl methyl sites for hydroxylation is 1. The van der Waals surface area contributed by atoms with Crippen LogP contribution in [0.5, 0.6) is 0 Å². The highest BCUT2D eigenvalue weighted by Gasteiger charge is 2.25. The molecule has 1 heterocycles. The molecule has 0 aliphatic carbocycles. The van der Waals surface area contributed by atoms with E-state index in [-0.39, 0.29) is 0 Å². The van der Waals surface area contributed by atoms with Crippen LogP contribution in [0.2, 0.25) is 5.02 Å². The van der Waals surface area contributed by atoms with E-state index in [0.717, 1.165) is 17.7 Å². The van der Waals surface area contributed by atoms with Gasteiger partial charge in [-0.3, -0.25) is 4.68 Å². The van der Waals surface area contributed by atoms with E-state index in [0.29, 0.717) is 11.4 Å². The Morgan fingerprint density at radius 2 is 2.00 bits per heavy atom. The second-order valence-corrected chi connectivity index (χ2v) is 5.10. The van der Waals surface area contributed by atoms with E-state index in [4.69, 9.17) is 11.6 Å². The van der Waals surface area contributed by atoms with Crippen LogP contribution < -0.4 is 0 Å². The lowest BCUT2D eigenvalue weighted by Crippen LogP contribution is -2.23. The minimum atomic E-state index is -0.915. The summed E-state index contributed by atoms with van der Waals surface area (Å²) in [5.74, 6) is 0. The monoisotopic (exact) mass is 264 g/mol. The van der Waals surface area contributed by atoms with Crippen LogP contribution in [-0.4, -0.2) is 14.9 Å². The molecule has 0 saturated carbocycles. The number of hydrogen-bond acceptors (Lipinski definition) is 2. The first kappa shape index (κ1) is 13.1. The van der Waals surface area contributed by atoms with Gasteiger partial charge in [0.1, 0.15) is 0 Å². The second kappa shape index (κ2) is 5.12. The van der Waals surface area contributed by atoms with E-state index in [1.807, 2.05) is 42.1 Å². The first-order valence-electron chi connectivity index (χ1n) is 6.01. The quantitative estimate of drug-likeness (QED) is 0.922. The van der Waals surface area contributed by atoms with Crippen LogP contribution in [0.1, 0.15) is 25.0 Å². The normalized spacial score (nSPS) is 14.4. The lowest BCUT2D eigenvalue weighted by molar-refractivity contribution is 0.0575. The molecule has 0 fully saturated rings. The largest absolute Gasteiger partial charge is 0.385 e. The van der Waals surface area contributed by atoms with Crippen molar-refractivity contribution in [3.8, 4) is 0 Å². The summed E-state index contributed by atoms with van der Waals surface area (Å²) in [6.45, 7) is 4.63. The standard InChI is InChI=1S/C14H17ClN2O/c1-3-17-10-12(9-16-17)14(2,18)8-11-4-6-13(15)7-5-11/h4-7,9-10,18H,3,8H2,1-2H3. The van der Waals surface area contributed by atoms with Crippen LogP contribution in [0.15, 0.2) is 36.7 Å². The summed E-state index contributed by atoms with van der Waals surface area (Å²) in [5, 5.41) is 15.4. The van der Waals surface area contributed by atoms with Gasteiger partial charge in [-0.15, -0.1) is 0 Å². The molecule has 1 unspecified atom stereocenters. The summed E-state index contributed by atoms with van der Waals surface area (Å²) in [6.07, 6.45) is 4.15. The van der Waals surface area contributed by atoms with Gasteiger partial charge in [-0.2, -0.15) is 5.10 Å². The number of nitrogens with zero attached hydrogens (tertiary/aromatic N) is 2. The van der Waals surface area contributed by atoms with Crippen LogP contribution in [0.25, 0.3) is 0 Å². The number of hydrogen-bond donors (Lipinski definition) is 1. The number of rotatable bonds is 4. The molecule has 0 aliphatic heterocycles. The minimum absolute atomic E-state index is 0.541. The molecule has 4 heteroatoms. The van der Waals surface area contributed by atoms with Gasteiger partial charge in [-0.05, 0) is 31.5 Å². The van der Waals surface area contributed by atoms with Crippen LogP contribution in [0.4, 0.5) is 0 Å². The van der Waals surface area contributed by atoms with Gasteiger partial charge in [0.2, 0.25) is 0 Å². The zero-order valence-electron chi connectivity index (χ0n) is 10.6.